The third kappa shape index (κ3) is 0.710. The van der Waals surface area contributed by atoms with Gasteiger partial charge in [-0.3, -0.25) is 0 Å². The Bertz CT molecular complexity index is 219. The molecule has 0 N–H and O–H groups in total. The zero-order chi connectivity index (χ0) is 5.98. The topological polar surface area (TPSA) is 26.0 Å². The lowest BCUT2D eigenvalue weighted by atomic mass is 10.6. The van der Waals surface area contributed by atoms with Gasteiger partial charge in [-0.15, -0.1) is 6.42 Å². The van der Waals surface area contributed by atoms with Crippen LogP contribution in [0.15, 0.2) is 10.6 Å². The van der Waals surface area contributed by atoms with E-state index < -0.39 is 0 Å². The summed E-state index contributed by atoms with van der Waals surface area (Å²) in [5, 5.41) is 0. The Morgan fingerprint density at radius 3 is 2.88 bits per heavy atom. The number of terminal acetylenes is 1. The van der Waals surface area contributed by atoms with Gasteiger partial charge in [0, 0.05) is 0 Å². The van der Waals surface area contributed by atoms with Crippen molar-refractivity contribution >= 4 is 0 Å². The quantitative estimate of drug-likeness (QED) is 0.461. The van der Waals surface area contributed by atoms with E-state index in [4.69, 9.17) is 10.8 Å². The Morgan fingerprint density at radius 2 is 2.62 bits per heavy atom. The fourth-order valence-electron chi connectivity index (χ4n) is 0.421. The molecular weight excluding hydrogens is 102 g/mol. The third-order valence-electron chi connectivity index (χ3n) is 0.745. The summed E-state index contributed by atoms with van der Waals surface area (Å²) >= 11 is 0. The fraction of sp³-hybridized carbons (Fsp3) is 0.167. The molecule has 0 radical (unpaired) electrons. The molecule has 0 aliphatic carbocycles. The molecule has 1 heterocycles. The monoisotopic (exact) mass is 107 g/mol. The van der Waals surface area contributed by atoms with E-state index in [-0.39, 0.29) is 0 Å². The van der Waals surface area contributed by atoms with Gasteiger partial charge in [-0.2, -0.15) is 0 Å². The minimum Gasteiger partial charge on any atom is -0.435 e. The van der Waals surface area contributed by atoms with E-state index in [2.05, 4.69) is 10.9 Å². The van der Waals surface area contributed by atoms with Crippen LogP contribution >= 0.6 is 0 Å². The number of aryl methyl sites for hydroxylation is 1. The standard InChI is InChI=1S/C6H5NO/c1-3-6-7-4-5(2)8-6/h1,4H,2H3. The van der Waals surface area contributed by atoms with Gasteiger partial charge in [0.05, 0.1) is 6.20 Å². The van der Waals surface area contributed by atoms with Crippen LogP contribution in [0.5, 0.6) is 0 Å². The first-order valence-corrected chi connectivity index (χ1v) is 2.22. The molecule has 2 nitrogen and oxygen atoms in total. The molecular formula is C6H5NO. The van der Waals surface area contributed by atoms with Gasteiger partial charge < -0.3 is 4.42 Å². The van der Waals surface area contributed by atoms with Crippen LogP contribution in [0.3, 0.4) is 0 Å². The Labute approximate surface area is 47.5 Å². The molecule has 0 saturated carbocycles. The van der Waals surface area contributed by atoms with Crippen LogP contribution in [0.25, 0.3) is 0 Å². The summed E-state index contributed by atoms with van der Waals surface area (Å²) in [7, 11) is 0. The van der Waals surface area contributed by atoms with Crippen LogP contribution in [0.4, 0.5) is 0 Å². The van der Waals surface area contributed by atoms with Crippen LogP contribution in [0.1, 0.15) is 11.7 Å². The van der Waals surface area contributed by atoms with Crippen LogP contribution in [0.2, 0.25) is 0 Å². The van der Waals surface area contributed by atoms with E-state index in [9.17, 15) is 0 Å². The minimum atomic E-state index is 0.350. The maximum absolute atomic E-state index is 4.96. The normalized spacial score (nSPS) is 8.50. The highest BCUT2D eigenvalue weighted by atomic mass is 16.3. The molecule has 8 heavy (non-hydrogen) atoms. The number of rotatable bonds is 0. The predicted octanol–water partition coefficient (Wildman–Crippen LogP) is 0.964. The van der Waals surface area contributed by atoms with E-state index >= 15 is 0 Å². The van der Waals surface area contributed by atoms with E-state index in [0.29, 0.717) is 5.89 Å². The maximum Gasteiger partial charge on any atom is 0.273 e. The van der Waals surface area contributed by atoms with Crippen LogP contribution in [-0.4, -0.2) is 4.98 Å². The van der Waals surface area contributed by atoms with Crippen molar-refractivity contribution in [2.45, 2.75) is 6.92 Å². The lowest BCUT2D eigenvalue weighted by Gasteiger charge is -1.73. The first-order chi connectivity index (χ1) is 3.83. The maximum atomic E-state index is 4.96. The van der Waals surface area contributed by atoms with Gasteiger partial charge in [0.15, 0.2) is 0 Å². The molecule has 0 aromatic carbocycles. The molecule has 1 rings (SSSR count). The summed E-state index contributed by atoms with van der Waals surface area (Å²) in [4.78, 5) is 3.73. The Morgan fingerprint density at radius 1 is 1.88 bits per heavy atom. The van der Waals surface area contributed by atoms with Crippen molar-refractivity contribution in [1.29, 1.82) is 0 Å². The fourth-order valence-corrected chi connectivity index (χ4v) is 0.421. The summed E-state index contributed by atoms with van der Waals surface area (Å²) in [6.07, 6.45) is 6.55. The van der Waals surface area contributed by atoms with Gasteiger partial charge in [-0.25, -0.2) is 4.98 Å². The van der Waals surface area contributed by atoms with Crippen molar-refractivity contribution in [3.05, 3.63) is 17.8 Å². The minimum absolute atomic E-state index is 0.350. The summed E-state index contributed by atoms with van der Waals surface area (Å²) in [5.41, 5.74) is 0. The highest BCUT2D eigenvalue weighted by Gasteiger charge is 1.91. The first-order valence-electron chi connectivity index (χ1n) is 2.22. The van der Waals surface area contributed by atoms with Gasteiger partial charge in [0.2, 0.25) is 0 Å². The number of hydrogen-bond acceptors (Lipinski definition) is 2. The molecule has 0 atom stereocenters. The van der Waals surface area contributed by atoms with E-state index in [1.54, 1.807) is 13.1 Å². The Hall–Kier alpha value is -1.23. The van der Waals surface area contributed by atoms with E-state index in [0.717, 1.165) is 5.76 Å². The van der Waals surface area contributed by atoms with Crippen LogP contribution in [-0.2, 0) is 0 Å². The second-order valence-corrected chi connectivity index (χ2v) is 1.42. The molecule has 1 aromatic heterocycles. The first kappa shape index (κ1) is 4.92. The smallest absolute Gasteiger partial charge is 0.273 e. The highest BCUT2D eigenvalue weighted by Crippen LogP contribution is 1.97. The van der Waals surface area contributed by atoms with Crippen molar-refractivity contribution < 1.29 is 4.42 Å². The Kier molecular flexibility index (Phi) is 1.05. The van der Waals surface area contributed by atoms with Gasteiger partial charge >= 0.3 is 0 Å². The highest BCUT2D eigenvalue weighted by molar-refractivity contribution is 5.12. The molecule has 0 aliphatic rings. The van der Waals surface area contributed by atoms with Crippen LogP contribution in [0, 0.1) is 19.3 Å². The molecule has 0 saturated heterocycles. The van der Waals surface area contributed by atoms with Gasteiger partial charge in [0.1, 0.15) is 5.76 Å². The number of hydrogen-bond donors (Lipinski definition) is 0. The lowest BCUT2D eigenvalue weighted by molar-refractivity contribution is 0.514. The lowest BCUT2D eigenvalue weighted by Crippen LogP contribution is -1.64. The average molecular weight is 107 g/mol. The zero-order valence-electron chi connectivity index (χ0n) is 4.51. The molecule has 0 aliphatic heterocycles. The third-order valence-corrected chi connectivity index (χ3v) is 0.745. The SMILES string of the molecule is C#Cc1ncc(C)o1. The van der Waals surface area contributed by atoms with Gasteiger partial charge in [0.25, 0.3) is 5.89 Å². The summed E-state index contributed by atoms with van der Waals surface area (Å²) in [5.74, 6) is 3.37. The van der Waals surface area contributed by atoms with Crippen molar-refractivity contribution in [1.82, 2.24) is 4.98 Å². The van der Waals surface area contributed by atoms with Crippen LogP contribution < -0.4 is 0 Å². The van der Waals surface area contributed by atoms with E-state index in [1.807, 2.05) is 0 Å². The molecule has 40 valence electrons. The van der Waals surface area contributed by atoms with E-state index in [1.165, 1.54) is 0 Å². The molecule has 0 unspecified atom stereocenters. The van der Waals surface area contributed by atoms with Gasteiger partial charge in [-0.1, -0.05) is 0 Å². The largest absolute Gasteiger partial charge is 0.435 e. The number of nitrogens with zero attached hydrogens (tertiary/aromatic N) is 1. The predicted molar refractivity (Wildman–Crippen MR) is 29.2 cm³/mol. The molecule has 2 heteroatoms. The van der Waals surface area contributed by atoms with Gasteiger partial charge in [-0.05, 0) is 12.8 Å². The molecule has 0 spiro atoms. The summed E-state index contributed by atoms with van der Waals surface area (Å²) < 4.78 is 4.89. The number of aromatic nitrogens is 1. The molecule has 0 amide bonds. The average Bonchev–Trinajstić information content (AvgIpc) is 2.14. The second kappa shape index (κ2) is 1.71. The number of oxazole rings is 1. The Balaban J connectivity index is 3.05. The zero-order valence-corrected chi connectivity index (χ0v) is 4.51. The second-order valence-electron chi connectivity index (χ2n) is 1.42. The van der Waals surface area contributed by atoms with Crippen molar-refractivity contribution in [3.8, 4) is 12.3 Å². The molecule has 0 fully saturated rings. The van der Waals surface area contributed by atoms with Crippen molar-refractivity contribution in [3.63, 3.8) is 0 Å². The summed E-state index contributed by atoms with van der Waals surface area (Å²) in [6.45, 7) is 1.80. The van der Waals surface area contributed by atoms with Crippen molar-refractivity contribution in [2.75, 3.05) is 0 Å². The van der Waals surface area contributed by atoms with Crippen molar-refractivity contribution in [2.24, 2.45) is 0 Å². The molecule has 0 bridgehead atoms. The summed E-state index contributed by atoms with van der Waals surface area (Å²) in [6, 6.07) is 0. The molecule has 1 aromatic rings.